The molecule has 5 aromatic rings. The highest BCUT2D eigenvalue weighted by Gasteiger charge is 2.13. The van der Waals surface area contributed by atoms with Crippen molar-refractivity contribution < 1.29 is 4.92 Å². The largest absolute Gasteiger partial charge is 0.270 e. The summed E-state index contributed by atoms with van der Waals surface area (Å²) < 4.78 is 1.58. The Hall–Kier alpha value is -4.36. The van der Waals surface area contributed by atoms with Gasteiger partial charge in [0.25, 0.3) is 11.2 Å². The number of rotatable bonds is 7. The monoisotopic (exact) mass is 567 g/mol. The van der Waals surface area contributed by atoms with E-state index in [2.05, 4.69) is 13.8 Å². The number of thiophene rings is 1. The van der Waals surface area contributed by atoms with Crippen molar-refractivity contribution in [2.24, 2.45) is 0 Å². The lowest BCUT2D eigenvalue weighted by Crippen LogP contribution is -2.22. The van der Waals surface area contributed by atoms with E-state index in [1.807, 2.05) is 80.7 Å². The second-order valence-corrected chi connectivity index (χ2v) is 10.1. The molecule has 6 nitrogen and oxygen atoms in total. The number of unbranched alkanes of at least 4 members (excludes halogenated alkanes) is 2. The highest BCUT2D eigenvalue weighted by Crippen LogP contribution is 2.27. The summed E-state index contributed by atoms with van der Waals surface area (Å²) in [5.41, 5.74) is 3.82. The van der Waals surface area contributed by atoms with Crippen LogP contribution in [0.3, 0.4) is 0 Å². The zero-order chi connectivity index (χ0) is 29.8. The highest BCUT2D eigenvalue weighted by molar-refractivity contribution is 7.13. The van der Waals surface area contributed by atoms with Crippen LogP contribution in [0.15, 0.2) is 89.0 Å². The molecule has 0 N–H and O–H groups in total. The van der Waals surface area contributed by atoms with Crippen LogP contribution in [0.25, 0.3) is 39.2 Å². The number of nitro benzene ring substituents is 1. The van der Waals surface area contributed by atoms with Gasteiger partial charge in [0.15, 0.2) is 0 Å². The fourth-order valence-electron chi connectivity index (χ4n) is 4.12. The Morgan fingerprint density at radius 1 is 0.927 bits per heavy atom. The van der Waals surface area contributed by atoms with Crippen molar-refractivity contribution in [3.05, 3.63) is 122 Å². The van der Waals surface area contributed by atoms with Gasteiger partial charge in [0, 0.05) is 17.0 Å². The van der Waals surface area contributed by atoms with Crippen LogP contribution in [0.4, 0.5) is 5.69 Å². The molecule has 0 radical (unpaired) electrons. The van der Waals surface area contributed by atoms with E-state index in [9.17, 15) is 14.9 Å². The number of benzene rings is 3. The van der Waals surface area contributed by atoms with E-state index in [0.29, 0.717) is 28.0 Å². The van der Waals surface area contributed by atoms with Gasteiger partial charge in [0.1, 0.15) is 5.82 Å². The first kappa shape index (κ1) is 31.2. The van der Waals surface area contributed by atoms with Crippen LogP contribution in [-0.4, -0.2) is 14.5 Å². The maximum absolute atomic E-state index is 13.7. The molecule has 0 fully saturated rings. The maximum Gasteiger partial charge on any atom is 0.270 e. The van der Waals surface area contributed by atoms with Gasteiger partial charge in [-0.1, -0.05) is 95.0 Å². The number of fused-ring (bicyclic) bond motifs is 1. The van der Waals surface area contributed by atoms with Crippen molar-refractivity contribution >= 4 is 40.1 Å². The van der Waals surface area contributed by atoms with E-state index in [1.165, 1.54) is 31.4 Å². The normalized spacial score (nSPS) is 10.6. The first-order chi connectivity index (χ1) is 19.9. The number of non-ortho nitro benzene ring substituents is 1. The third kappa shape index (κ3) is 8.08. The quantitative estimate of drug-likeness (QED) is 0.145. The van der Waals surface area contributed by atoms with Crippen molar-refractivity contribution in [1.29, 1.82) is 0 Å². The molecule has 212 valence electrons. The number of nitrogens with zero attached hydrogens (tertiary/aromatic N) is 3. The Morgan fingerprint density at radius 2 is 1.66 bits per heavy atom. The Balaban J connectivity index is 0.000000598. The molecule has 5 rings (SSSR count). The summed E-state index contributed by atoms with van der Waals surface area (Å²) >= 11 is 1.62. The van der Waals surface area contributed by atoms with Crippen molar-refractivity contribution in [2.75, 3.05) is 0 Å². The lowest BCUT2D eigenvalue weighted by Gasteiger charge is -2.12. The minimum Gasteiger partial charge on any atom is -0.268 e. The van der Waals surface area contributed by atoms with Crippen molar-refractivity contribution in [1.82, 2.24) is 9.55 Å². The van der Waals surface area contributed by atoms with Crippen LogP contribution >= 0.6 is 11.3 Å². The zero-order valence-corrected chi connectivity index (χ0v) is 25.2. The molecule has 41 heavy (non-hydrogen) atoms. The molecular weight excluding hydrogens is 530 g/mol. The lowest BCUT2D eigenvalue weighted by molar-refractivity contribution is -0.384. The summed E-state index contributed by atoms with van der Waals surface area (Å²) in [5, 5.41) is 13.7. The zero-order valence-electron chi connectivity index (χ0n) is 24.3. The molecule has 0 bridgehead atoms. The topological polar surface area (TPSA) is 78.0 Å². The van der Waals surface area contributed by atoms with E-state index in [4.69, 9.17) is 4.98 Å². The van der Waals surface area contributed by atoms with Gasteiger partial charge >= 0.3 is 0 Å². The van der Waals surface area contributed by atoms with E-state index in [1.54, 1.807) is 40.2 Å². The molecule has 0 amide bonds. The minimum absolute atomic E-state index is 0.00523. The summed E-state index contributed by atoms with van der Waals surface area (Å²) in [5.74, 6) is 0.441. The van der Waals surface area contributed by atoms with Crippen LogP contribution in [0.2, 0.25) is 0 Å². The number of hydrogen-bond donors (Lipinski definition) is 0. The van der Waals surface area contributed by atoms with Gasteiger partial charge in [-0.15, -0.1) is 11.3 Å². The highest BCUT2D eigenvalue weighted by atomic mass is 32.1. The minimum atomic E-state index is -0.432. The predicted molar refractivity (Wildman–Crippen MR) is 174 cm³/mol. The third-order valence-corrected chi connectivity index (χ3v) is 7.12. The standard InChI is InChI=1S/C27H19N3O3S.C5H12.C2H6/c1-18-7-11-21(12-8-18)29-26(14-9-19-4-2-5-22(16-19)30(32)33)28-24-13-10-20(17-23(24)27(29)31)25-6-3-15-34-25;1-3-5-4-2;1-2/h2-17H,1H3;3-5H2,1-2H3;1-2H3/b14-9+;;. The number of nitro groups is 1. The number of aromatic nitrogens is 2. The first-order valence-corrected chi connectivity index (χ1v) is 14.9. The second kappa shape index (κ2) is 15.4. The Morgan fingerprint density at radius 3 is 2.27 bits per heavy atom. The van der Waals surface area contributed by atoms with Crippen molar-refractivity contribution in [2.45, 2.75) is 53.9 Å². The molecule has 2 heterocycles. The Bertz CT molecular complexity index is 1650. The molecule has 0 saturated carbocycles. The Labute approximate surface area is 245 Å². The van der Waals surface area contributed by atoms with Crippen LogP contribution in [0.1, 0.15) is 63.9 Å². The summed E-state index contributed by atoms with van der Waals surface area (Å²) in [6, 6.07) is 23.7. The molecule has 0 aliphatic carbocycles. The first-order valence-electron chi connectivity index (χ1n) is 14.0. The predicted octanol–water partition coefficient (Wildman–Crippen LogP) is 9.72. The summed E-state index contributed by atoms with van der Waals surface area (Å²) in [4.78, 5) is 30.3. The molecular formula is C34H37N3O3S. The Kier molecular flexibility index (Phi) is 11.7. The van der Waals surface area contributed by atoms with Gasteiger partial charge in [-0.2, -0.15) is 0 Å². The van der Waals surface area contributed by atoms with Crippen molar-refractivity contribution in [3.8, 4) is 16.1 Å². The van der Waals surface area contributed by atoms with Crippen LogP contribution in [0.5, 0.6) is 0 Å². The molecule has 0 spiro atoms. The average molecular weight is 568 g/mol. The maximum atomic E-state index is 13.7. The molecule has 7 heteroatoms. The van der Waals surface area contributed by atoms with Gasteiger partial charge in [0.05, 0.1) is 21.5 Å². The van der Waals surface area contributed by atoms with E-state index in [0.717, 1.165) is 16.0 Å². The molecule has 3 aromatic carbocycles. The van der Waals surface area contributed by atoms with Gasteiger partial charge < -0.3 is 0 Å². The molecule has 0 saturated heterocycles. The van der Waals surface area contributed by atoms with E-state index >= 15 is 0 Å². The lowest BCUT2D eigenvalue weighted by atomic mass is 10.1. The average Bonchev–Trinajstić information content (AvgIpc) is 3.54. The van der Waals surface area contributed by atoms with Crippen LogP contribution in [0, 0.1) is 17.0 Å². The van der Waals surface area contributed by atoms with Crippen LogP contribution < -0.4 is 5.56 Å². The fourth-order valence-corrected chi connectivity index (χ4v) is 4.84. The van der Waals surface area contributed by atoms with Gasteiger partial charge in [-0.25, -0.2) is 4.98 Å². The summed E-state index contributed by atoms with van der Waals surface area (Å²) in [7, 11) is 0. The van der Waals surface area contributed by atoms with Crippen LogP contribution in [-0.2, 0) is 0 Å². The molecule has 0 aliphatic heterocycles. The summed E-state index contributed by atoms with van der Waals surface area (Å²) in [6.07, 6.45) is 7.52. The van der Waals surface area contributed by atoms with E-state index in [-0.39, 0.29) is 11.2 Å². The van der Waals surface area contributed by atoms with E-state index < -0.39 is 4.92 Å². The number of aryl methyl sites for hydroxylation is 1. The number of hydrogen-bond acceptors (Lipinski definition) is 5. The SMILES string of the molecule is CC.CCCCC.Cc1ccc(-n2c(/C=C/c3cccc([N+](=O)[O-])c3)nc3ccc(-c4cccs4)cc3c2=O)cc1. The molecule has 2 aromatic heterocycles. The fraction of sp³-hybridized carbons (Fsp3) is 0.235. The van der Waals surface area contributed by atoms with Gasteiger partial charge in [-0.05, 0) is 59.8 Å². The van der Waals surface area contributed by atoms with Crippen molar-refractivity contribution in [3.63, 3.8) is 0 Å². The third-order valence-electron chi connectivity index (χ3n) is 6.21. The summed E-state index contributed by atoms with van der Waals surface area (Å²) in [6.45, 7) is 10.4. The molecule has 0 aliphatic rings. The molecule has 0 unspecified atom stereocenters. The smallest absolute Gasteiger partial charge is 0.268 e. The molecule has 0 atom stereocenters. The van der Waals surface area contributed by atoms with Gasteiger partial charge in [0.2, 0.25) is 0 Å². The van der Waals surface area contributed by atoms with Gasteiger partial charge in [-0.3, -0.25) is 19.5 Å². The second-order valence-electron chi connectivity index (χ2n) is 9.19.